The molecule has 0 bridgehead atoms. The Balaban J connectivity index is 2.54. The van der Waals surface area contributed by atoms with Gasteiger partial charge in [0.25, 0.3) is 5.82 Å². The number of nitrogens with zero attached hydrogens (tertiary/aromatic N) is 5. The number of ether oxygens (including phenoxy) is 1. The highest BCUT2D eigenvalue weighted by Crippen LogP contribution is 2.21. The zero-order valence-corrected chi connectivity index (χ0v) is 8.93. The topological polar surface area (TPSA) is 93.7 Å². The van der Waals surface area contributed by atoms with Gasteiger partial charge in [-0.05, 0) is 21.9 Å². The van der Waals surface area contributed by atoms with Crippen LogP contribution in [0.1, 0.15) is 15.5 Å². The van der Waals surface area contributed by atoms with E-state index in [-0.39, 0.29) is 5.82 Å². The molecule has 0 aliphatic rings. The predicted octanol–water partition coefficient (Wildman–Crippen LogP) is 0.382. The maximum Gasteiger partial charge on any atom is 0.350 e. The molecule has 2 aromatic heterocycles. The minimum absolute atomic E-state index is 0.0172. The van der Waals surface area contributed by atoms with Crippen LogP contribution in [0.3, 0.4) is 0 Å². The molecule has 0 spiro atoms. The van der Waals surface area contributed by atoms with E-state index >= 15 is 0 Å². The summed E-state index contributed by atoms with van der Waals surface area (Å²) in [5, 5.41) is 21.0. The number of hydrogen-bond acceptors (Lipinski definition) is 7. The van der Waals surface area contributed by atoms with Crippen molar-refractivity contribution in [3.8, 4) is 11.8 Å². The van der Waals surface area contributed by atoms with Crippen molar-refractivity contribution in [3.63, 3.8) is 0 Å². The van der Waals surface area contributed by atoms with Gasteiger partial charge in [0, 0.05) is 0 Å². The molecule has 7 nitrogen and oxygen atoms in total. The van der Waals surface area contributed by atoms with E-state index in [1.54, 1.807) is 11.4 Å². The molecular weight excluding hydrogens is 230 g/mol. The molecule has 0 N–H and O–H groups in total. The van der Waals surface area contributed by atoms with Gasteiger partial charge in [-0.3, -0.25) is 0 Å². The average molecular weight is 235 g/mol. The number of methoxy groups -OCH3 is 1. The third-order valence-corrected chi connectivity index (χ3v) is 2.70. The fourth-order valence-corrected chi connectivity index (χ4v) is 1.92. The molecule has 0 amide bonds. The van der Waals surface area contributed by atoms with Crippen LogP contribution in [0.2, 0.25) is 0 Å². The lowest BCUT2D eigenvalue weighted by molar-refractivity contribution is 0.0606. The molecule has 80 valence electrons. The molecule has 0 radical (unpaired) electrons. The van der Waals surface area contributed by atoms with Gasteiger partial charge < -0.3 is 4.74 Å². The molecule has 8 heteroatoms. The standard InChI is InChI=1S/C8H5N5O2S/c1-15-8(14)7-5(2-3-16-7)13-6(4-9)10-11-12-13/h2-3H,1H3. The number of aromatic nitrogens is 4. The third-order valence-electron chi connectivity index (χ3n) is 1.81. The van der Waals surface area contributed by atoms with Crippen LogP contribution >= 0.6 is 11.3 Å². The van der Waals surface area contributed by atoms with E-state index in [9.17, 15) is 4.79 Å². The van der Waals surface area contributed by atoms with Crippen molar-refractivity contribution in [1.29, 1.82) is 5.26 Å². The summed E-state index contributed by atoms with van der Waals surface area (Å²) in [6, 6.07) is 3.47. The summed E-state index contributed by atoms with van der Waals surface area (Å²) in [5.41, 5.74) is 0.443. The van der Waals surface area contributed by atoms with Crippen molar-refractivity contribution in [2.45, 2.75) is 0 Å². The zero-order chi connectivity index (χ0) is 11.5. The lowest BCUT2D eigenvalue weighted by Gasteiger charge is -2.00. The van der Waals surface area contributed by atoms with Crippen LogP contribution in [-0.4, -0.2) is 33.3 Å². The summed E-state index contributed by atoms with van der Waals surface area (Å²) in [6.07, 6.45) is 0. The van der Waals surface area contributed by atoms with Crippen molar-refractivity contribution in [3.05, 3.63) is 22.1 Å². The first-order valence-electron chi connectivity index (χ1n) is 4.12. The number of carbonyl (C=O) groups excluding carboxylic acids is 1. The van der Waals surface area contributed by atoms with Crippen LogP contribution in [0.4, 0.5) is 0 Å². The average Bonchev–Trinajstić information content (AvgIpc) is 2.94. The summed E-state index contributed by atoms with van der Waals surface area (Å²) in [6.45, 7) is 0. The Bertz CT molecular complexity index is 567. The second kappa shape index (κ2) is 4.08. The summed E-state index contributed by atoms with van der Waals surface area (Å²) < 4.78 is 5.81. The second-order valence-electron chi connectivity index (χ2n) is 2.65. The highest BCUT2D eigenvalue weighted by molar-refractivity contribution is 7.12. The maximum absolute atomic E-state index is 11.4. The molecule has 0 fully saturated rings. The number of nitriles is 1. The lowest BCUT2D eigenvalue weighted by atomic mass is 10.4. The van der Waals surface area contributed by atoms with Gasteiger partial charge in [0.05, 0.1) is 12.8 Å². The van der Waals surface area contributed by atoms with E-state index in [0.29, 0.717) is 10.6 Å². The molecule has 2 aromatic rings. The minimum Gasteiger partial charge on any atom is -0.465 e. The zero-order valence-electron chi connectivity index (χ0n) is 8.12. The first-order chi connectivity index (χ1) is 7.77. The fraction of sp³-hybridized carbons (Fsp3) is 0.125. The van der Waals surface area contributed by atoms with E-state index in [4.69, 9.17) is 5.26 Å². The Morgan fingerprint density at radius 3 is 3.19 bits per heavy atom. The van der Waals surface area contributed by atoms with Crippen LogP contribution in [-0.2, 0) is 4.74 Å². The minimum atomic E-state index is -0.482. The largest absolute Gasteiger partial charge is 0.465 e. The van der Waals surface area contributed by atoms with Gasteiger partial charge in [-0.2, -0.15) is 9.94 Å². The van der Waals surface area contributed by atoms with Gasteiger partial charge in [-0.25, -0.2) is 4.79 Å². The Morgan fingerprint density at radius 1 is 1.69 bits per heavy atom. The SMILES string of the molecule is COC(=O)c1sccc1-n1nnnc1C#N. The highest BCUT2D eigenvalue weighted by atomic mass is 32.1. The van der Waals surface area contributed by atoms with Crippen LogP contribution in [0.5, 0.6) is 0 Å². The van der Waals surface area contributed by atoms with Crippen LogP contribution in [0, 0.1) is 11.3 Å². The van der Waals surface area contributed by atoms with Gasteiger partial charge in [0.2, 0.25) is 0 Å². The first kappa shape index (κ1) is 10.3. The molecule has 2 rings (SSSR count). The van der Waals surface area contributed by atoms with Crippen molar-refractivity contribution >= 4 is 17.3 Å². The lowest BCUT2D eigenvalue weighted by Crippen LogP contribution is -2.07. The van der Waals surface area contributed by atoms with Crippen molar-refractivity contribution in [1.82, 2.24) is 20.2 Å². The molecule has 0 atom stereocenters. The highest BCUT2D eigenvalue weighted by Gasteiger charge is 2.18. The molecule has 2 heterocycles. The van der Waals surface area contributed by atoms with E-state index < -0.39 is 5.97 Å². The molecule has 0 aliphatic carbocycles. The summed E-state index contributed by atoms with van der Waals surface area (Å²) >= 11 is 1.20. The molecule has 0 aromatic carbocycles. The van der Waals surface area contributed by atoms with Crippen LogP contribution in [0.15, 0.2) is 11.4 Å². The molecule has 0 saturated carbocycles. The smallest absolute Gasteiger partial charge is 0.350 e. The molecule has 16 heavy (non-hydrogen) atoms. The molecule has 0 aliphatic heterocycles. The maximum atomic E-state index is 11.4. The van der Waals surface area contributed by atoms with Gasteiger partial charge in [0.15, 0.2) is 0 Å². The van der Waals surface area contributed by atoms with E-state index in [1.165, 1.54) is 23.1 Å². The number of rotatable bonds is 2. The Labute approximate surface area is 93.9 Å². The van der Waals surface area contributed by atoms with E-state index in [2.05, 4.69) is 20.3 Å². The van der Waals surface area contributed by atoms with Crippen molar-refractivity contribution in [2.75, 3.05) is 7.11 Å². The summed E-state index contributed by atoms with van der Waals surface area (Å²) in [4.78, 5) is 11.8. The van der Waals surface area contributed by atoms with Gasteiger partial charge in [-0.1, -0.05) is 5.10 Å². The summed E-state index contributed by atoms with van der Waals surface area (Å²) in [7, 11) is 1.29. The number of tetrazole rings is 1. The first-order valence-corrected chi connectivity index (χ1v) is 5.00. The monoisotopic (exact) mass is 235 g/mol. The van der Waals surface area contributed by atoms with Gasteiger partial charge in [0.1, 0.15) is 10.9 Å². The van der Waals surface area contributed by atoms with Crippen molar-refractivity contribution < 1.29 is 9.53 Å². The fourth-order valence-electron chi connectivity index (χ4n) is 1.13. The second-order valence-corrected chi connectivity index (χ2v) is 3.57. The van der Waals surface area contributed by atoms with Gasteiger partial charge in [-0.15, -0.1) is 11.3 Å². The number of esters is 1. The van der Waals surface area contributed by atoms with E-state index in [0.717, 1.165) is 0 Å². The number of carbonyl (C=O) groups is 1. The quantitative estimate of drug-likeness (QED) is 0.698. The van der Waals surface area contributed by atoms with Gasteiger partial charge >= 0.3 is 5.97 Å². The molecule has 0 unspecified atom stereocenters. The number of hydrogen-bond donors (Lipinski definition) is 0. The molecule has 0 saturated heterocycles. The normalized spacial score (nSPS) is 9.75. The summed E-state index contributed by atoms with van der Waals surface area (Å²) in [5.74, 6) is -0.465. The van der Waals surface area contributed by atoms with Crippen molar-refractivity contribution in [2.24, 2.45) is 0 Å². The Kier molecular flexibility index (Phi) is 2.61. The Morgan fingerprint density at radius 2 is 2.50 bits per heavy atom. The molecular formula is C8H5N5O2S. The third kappa shape index (κ3) is 1.53. The van der Waals surface area contributed by atoms with E-state index in [1.807, 2.05) is 6.07 Å². The predicted molar refractivity (Wildman–Crippen MR) is 53.1 cm³/mol. The Hall–Kier alpha value is -2.27. The number of thiophene rings is 1. The van der Waals surface area contributed by atoms with Crippen LogP contribution in [0.25, 0.3) is 5.69 Å². The van der Waals surface area contributed by atoms with Crippen LogP contribution < -0.4 is 0 Å².